The maximum atomic E-state index is 12.2. The van der Waals surface area contributed by atoms with Gasteiger partial charge in [0.1, 0.15) is 10.7 Å². The summed E-state index contributed by atoms with van der Waals surface area (Å²) in [4.78, 5) is 4.21. The minimum Gasteiger partial charge on any atom is -0.369 e. The lowest BCUT2D eigenvalue weighted by molar-refractivity contribution is 0.545. The number of nitrogens with one attached hydrogen (secondary N) is 2. The third-order valence-electron chi connectivity index (χ3n) is 3.25. The molecule has 1 aromatic rings. The third-order valence-corrected chi connectivity index (χ3v) is 6.17. The Kier molecular flexibility index (Phi) is 6.16. The van der Waals surface area contributed by atoms with Crippen molar-refractivity contribution in [2.45, 2.75) is 24.7 Å². The quantitative estimate of drug-likeness (QED) is 0.791. The van der Waals surface area contributed by atoms with E-state index in [4.69, 9.17) is 11.6 Å². The van der Waals surface area contributed by atoms with Gasteiger partial charge in [-0.15, -0.1) is 0 Å². The first-order valence-electron chi connectivity index (χ1n) is 6.99. The first kappa shape index (κ1) is 16.9. The van der Waals surface area contributed by atoms with E-state index in [1.165, 1.54) is 12.3 Å². The number of sulfonamides is 1. The lowest BCUT2D eigenvalue weighted by Gasteiger charge is -2.12. The molecule has 1 aromatic heterocycles. The van der Waals surface area contributed by atoms with Gasteiger partial charge in [0.2, 0.25) is 10.0 Å². The molecule has 2 rings (SSSR count). The van der Waals surface area contributed by atoms with Gasteiger partial charge in [0, 0.05) is 19.3 Å². The fourth-order valence-corrected chi connectivity index (χ4v) is 4.66. The first-order chi connectivity index (χ1) is 10.0. The van der Waals surface area contributed by atoms with Crippen LogP contribution in [-0.2, 0) is 10.0 Å². The van der Waals surface area contributed by atoms with Crippen molar-refractivity contribution < 1.29 is 8.42 Å². The summed E-state index contributed by atoms with van der Waals surface area (Å²) in [5, 5.41) is 3.38. The topological polar surface area (TPSA) is 71.1 Å². The normalized spacial score (nSPS) is 18.9. The van der Waals surface area contributed by atoms with Crippen molar-refractivity contribution in [1.82, 2.24) is 9.71 Å². The minimum absolute atomic E-state index is 0.111. The van der Waals surface area contributed by atoms with Gasteiger partial charge >= 0.3 is 0 Å². The van der Waals surface area contributed by atoms with Crippen LogP contribution in [0.5, 0.6) is 0 Å². The number of nitrogens with zero attached hydrogens (tertiary/aromatic N) is 1. The summed E-state index contributed by atoms with van der Waals surface area (Å²) < 4.78 is 27.1. The van der Waals surface area contributed by atoms with Gasteiger partial charge in [-0.25, -0.2) is 18.1 Å². The Morgan fingerprint density at radius 3 is 2.95 bits per heavy atom. The van der Waals surface area contributed by atoms with Gasteiger partial charge in [-0.3, -0.25) is 0 Å². The van der Waals surface area contributed by atoms with Crippen LogP contribution in [0, 0.1) is 5.92 Å². The summed E-state index contributed by atoms with van der Waals surface area (Å²) in [6.45, 7) is 3.25. The molecule has 1 saturated heterocycles. The van der Waals surface area contributed by atoms with E-state index in [-0.39, 0.29) is 4.90 Å². The summed E-state index contributed by atoms with van der Waals surface area (Å²) in [7, 11) is -3.54. The van der Waals surface area contributed by atoms with Crippen LogP contribution < -0.4 is 10.0 Å². The number of halogens is 1. The Morgan fingerprint density at radius 1 is 1.52 bits per heavy atom. The highest BCUT2D eigenvalue weighted by atomic mass is 35.5. The van der Waals surface area contributed by atoms with Crippen molar-refractivity contribution in [3.63, 3.8) is 0 Å². The lowest BCUT2D eigenvalue weighted by atomic mass is 10.1. The zero-order chi connectivity index (χ0) is 15.3. The highest BCUT2D eigenvalue weighted by molar-refractivity contribution is 7.99. The molecule has 0 bridgehead atoms. The summed E-state index contributed by atoms with van der Waals surface area (Å²) >= 11 is 7.94. The zero-order valence-corrected chi connectivity index (χ0v) is 14.3. The van der Waals surface area contributed by atoms with Crippen LogP contribution in [-0.4, -0.2) is 38.0 Å². The van der Waals surface area contributed by atoms with Crippen LogP contribution in [0.4, 0.5) is 5.82 Å². The molecular weight excluding hydrogens is 330 g/mol. The molecule has 2 N–H and O–H groups in total. The second-order valence-electron chi connectivity index (χ2n) is 5.01. The molecule has 118 valence electrons. The predicted molar refractivity (Wildman–Crippen MR) is 88.6 cm³/mol. The molecule has 0 aliphatic carbocycles. The predicted octanol–water partition coefficient (Wildman–Crippen LogP) is 2.59. The van der Waals surface area contributed by atoms with Crippen molar-refractivity contribution in [1.29, 1.82) is 0 Å². The van der Waals surface area contributed by atoms with Crippen LogP contribution in [0.1, 0.15) is 19.8 Å². The number of hydrogen-bond acceptors (Lipinski definition) is 5. The highest BCUT2D eigenvalue weighted by Gasteiger charge is 2.21. The monoisotopic (exact) mass is 349 g/mol. The van der Waals surface area contributed by atoms with Gasteiger partial charge in [0.25, 0.3) is 0 Å². The highest BCUT2D eigenvalue weighted by Crippen LogP contribution is 2.24. The molecule has 2 heterocycles. The Hall–Kier alpha value is -0.500. The summed E-state index contributed by atoms with van der Waals surface area (Å²) in [6.07, 6.45) is 3.35. The van der Waals surface area contributed by atoms with E-state index in [9.17, 15) is 8.42 Å². The van der Waals surface area contributed by atoms with E-state index in [0.717, 1.165) is 30.9 Å². The Bertz CT molecular complexity index is 575. The molecule has 1 fully saturated rings. The SMILES string of the molecule is CCCNc1ncc(S(=O)(=O)NCC2CCSC2)cc1Cl. The Morgan fingerprint density at radius 2 is 2.33 bits per heavy atom. The molecule has 21 heavy (non-hydrogen) atoms. The van der Waals surface area contributed by atoms with Gasteiger partial charge in [-0.1, -0.05) is 18.5 Å². The smallest absolute Gasteiger partial charge is 0.242 e. The average Bonchev–Trinajstić information content (AvgIpc) is 2.97. The fourth-order valence-electron chi connectivity index (χ4n) is 2.00. The van der Waals surface area contributed by atoms with Gasteiger partial charge in [0.05, 0.1) is 5.02 Å². The van der Waals surface area contributed by atoms with E-state index in [1.807, 2.05) is 18.7 Å². The van der Waals surface area contributed by atoms with Gasteiger partial charge < -0.3 is 5.32 Å². The van der Waals surface area contributed by atoms with Crippen molar-refractivity contribution >= 4 is 39.2 Å². The molecule has 1 aliphatic rings. The number of aromatic nitrogens is 1. The molecular formula is C13H20ClN3O2S2. The number of anilines is 1. The van der Waals surface area contributed by atoms with Crippen molar-refractivity contribution in [3.8, 4) is 0 Å². The zero-order valence-electron chi connectivity index (χ0n) is 11.9. The van der Waals surface area contributed by atoms with Crippen LogP contribution in [0.3, 0.4) is 0 Å². The van der Waals surface area contributed by atoms with Crippen molar-refractivity contribution in [3.05, 3.63) is 17.3 Å². The summed E-state index contributed by atoms with van der Waals surface area (Å²) in [6, 6.07) is 1.44. The van der Waals surface area contributed by atoms with E-state index in [1.54, 1.807) is 0 Å². The standard InChI is InChI=1S/C13H20ClN3O2S2/c1-2-4-15-13-12(14)6-11(8-16-13)21(18,19)17-7-10-3-5-20-9-10/h6,8,10,17H,2-5,7,9H2,1H3,(H,15,16). The second kappa shape index (κ2) is 7.67. The molecule has 0 spiro atoms. The first-order valence-corrected chi connectivity index (χ1v) is 10.0. The van der Waals surface area contributed by atoms with Crippen molar-refractivity contribution in [2.24, 2.45) is 5.92 Å². The number of rotatable bonds is 7. The largest absolute Gasteiger partial charge is 0.369 e. The maximum absolute atomic E-state index is 12.2. The van der Waals surface area contributed by atoms with E-state index in [0.29, 0.717) is 23.3 Å². The van der Waals surface area contributed by atoms with E-state index < -0.39 is 10.0 Å². The van der Waals surface area contributed by atoms with Gasteiger partial charge in [-0.05, 0) is 36.3 Å². The van der Waals surface area contributed by atoms with Crippen LogP contribution in [0.15, 0.2) is 17.2 Å². The lowest BCUT2D eigenvalue weighted by Crippen LogP contribution is -2.29. The summed E-state index contributed by atoms with van der Waals surface area (Å²) in [5.74, 6) is 3.06. The van der Waals surface area contributed by atoms with Gasteiger partial charge in [0.15, 0.2) is 0 Å². The Balaban J connectivity index is 2.03. The molecule has 0 amide bonds. The third kappa shape index (κ3) is 4.74. The van der Waals surface area contributed by atoms with E-state index >= 15 is 0 Å². The molecule has 0 radical (unpaired) electrons. The molecule has 0 aromatic carbocycles. The molecule has 1 aliphatic heterocycles. The maximum Gasteiger partial charge on any atom is 0.242 e. The van der Waals surface area contributed by atoms with Crippen LogP contribution in [0.25, 0.3) is 0 Å². The molecule has 0 saturated carbocycles. The second-order valence-corrected chi connectivity index (χ2v) is 8.33. The number of pyridine rings is 1. The molecule has 1 unspecified atom stereocenters. The molecule has 1 atom stereocenters. The van der Waals surface area contributed by atoms with E-state index in [2.05, 4.69) is 15.0 Å². The van der Waals surface area contributed by atoms with Crippen molar-refractivity contribution in [2.75, 3.05) is 29.9 Å². The number of thioether (sulfide) groups is 1. The van der Waals surface area contributed by atoms with Crippen LogP contribution >= 0.6 is 23.4 Å². The van der Waals surface area contributed by atoms with Gasteiger partial charge in [-0.2, -0.15) is 11.8 Å². The summed E-state index contributed by atoms with van der Waals surface area (Å²) in [5.41, 5.74) is 0. The molecule has 8 heteroatoms. The average molecular weight is 350 g/mol. The number of hydrogen-bond donors (Lipinski definition) is 2. The molecule has 5 nitrogen and oxygen atoms in total. The Labute approximate surface area is 135 Å². The minimum atomic E-state index is -3.54. The van der Waals surface area contributed by atoms with Crippen LogP contribution in [0.2, 0.25) is 5.02 Å². The fraction of sp³-hybridized carbons (Fsp3) is 0.615.